The Bertz CT molecular complexity index is 1790. The van der Waals surface area contributed by atoms with Gasteiger partial charge in [0.2, 0.25) is 5.91 Å². The summed E-state index contributed by atoms with van der Waals surface area (Å²) in [6.07, 6.45) is 6.92. The molecule has 2 aromatic rings. The van der Waals surface area contributed by atoms with Gasteiger partial charge in [0.25, 0.3) is 0 Å². The molecule has 5 aliphatic rings. The van der Waals surface area contributed by atoms with E-state index in [9.17, 15) is 18.0 Å². The highest BCUT2D eigenvalue weighted by Crippen LogP contribution is 2.52. The number of carbonyl (C=O) groups is 2. The van der Waals surface area contributed by atoms with Crippen LogP contribution >= 0.6 is 0 Å². The highest BCUT2D eigenvalue weighted by atomic mass is 32.2. The Labute approximate surface area is 326 Å². The number of benzene rings is 2. The molecular weight excluding hydrogens is 722 g/mol. The molecule has 55 heavy (non-hydrogen) atoms. The topological polar surface area (TPSA) is 112 Å². The first kappa shape index (κ1) is 39.7. The molecule has 4 aliphatic heterocycles. The Hall–Kier alpha value is -3.52. The fraction of sp³-hybridized carbons (Fsp3) is 0.619. The normalized spacial score (nSPS) is 26.3. The molecule has 11 nitrogen and oxygen atoms in total. The van der Waals surface area contributed by atoms with Gasteiger partial charge in [0.1, 0.15) is 11.1 Å². The molecule has 7 rings (SSSR count). The van der Waals surface area contributed by atoms with E-state index in [0.717, 1.165) is 95.7 Å². The third-order valence-electron chi connectivity index (χ3n) is 13.2. The van der Waals surface area contributed by atoms with Crippen molar-refractivity contribution in [2.75, 3.05) is 90.7 Å². The Morgan fingerprint density at radius 3 is 2.42 bits per heavy atom. The second kappa shape index (κ2) is 16.5. The maximum Gasteiger partial charge on any atom is 0.407 e. The van der Waals surface area contributed by atoms with Gasteiger partial charge in [0, 0.05) is 61.8 Å². The van der Waals surface area contributed by atoms with Gasteiger partial charge in [0.05, 0.1) is 25.2 Å². The average molecular weight is 780 g/mol. The number of anilines is 1. The van der Waals surface area contributed by atoms with Crippen LogP contribution in [0.25, 0.3) is 0 Å². The molecule has 1 N–H and O–H groups in total. The van der Waals surface area contributed by atoms with Crippen molar-refractivity contribution in [2.45, 2.75) is 67.1 Å². The maximum absolute atomic E-state index is 15.0. The molecule has 1 saturated carbocycles. The number of ether oxygens (including phenoxy) is 2. The molecule has 300 valence electrons. The lowest BCUT2D eigenvalue weighted by atomic mass is 9.57. The molecule has 2 amide bonds. The first-order valence-corrected chi connectivity index (χ1v) is 21.6. The molecule has 1 aliphatic carbocycles. The highest BCUT2D eigenvalue weighted by Gasteiger charge is 2.53. The van der Waals surface area contributed by atoms with Crippen LogP contribution in [0.2, 0.25) is 0 Å². The number of carbonyl (C=O) groups excluding carboxylic acids is 2. The van der Waals surface area contributed by atoms with E-state index >= 15 is 4.39 Å². The van der Waals surface area contributed by atoms with Crippen LogP contribution in [0.15, 0.2) is 66.1 Å². The number of amides is 2. The molecule has 0 bridgehead atoms. The summed E-state index contributed by atoms with van der Waals surface area (Å²) in [5.41, 5.74) is 1.86. The Kier molecular flexibility index (Phi) is 11.9. The molecule has 2 aromatic carbocycles. The third-order valence-corrected chi connectivity index (χ3v) is 15.3. The zero-order valence-electron chi connectivity index (χ0n) is 32.5. The van der Waals surface area contributed by atoms with Gasteiger partial charge in [-0.1, -0.05) is 32.1 Å². The third kappa shape index (κ3) is 8.31. The summed E-state index contributed by atoms with van der Waals surface area (Å²) in [6.45, 7) is 14.3. The van der Waals surface area contributed by atoms with Gasteiger partial charge in [-0.2, -0.15) is 0 Å². The number of sulfone groups is 1. The summed E-state index contributed by atoms with van der Waals surface area (Å²) in [5.74, 6) is 0.0188. The van der Waals surface area contributed by atoms with Crippen molar-refractivity contribution in [3.8, 4) is 0 Å². The Morgan fingerprint density at radius 2 is 1.76 bits per heavy atom. The molecule has 0 aromatic heterocycles. The molecule has 4 atom stereocenters. The first-order valence-electron chi connectivity index (χ1n) is 20.1. The van der Waals surface area contributed by atoms with Gasteiger partial charge in [0.15, 0.2) is 9.84 Å². The van der Waals surface area contributed by atoms with Gasteiger partial charge in [-0.3, -0.25) is 4.79 Å². The monoisotopic (exact) mass is 779 g/mol. The van der Waals surface area contributed by atoms with Crippen molar-refractivity contribution in [1.82, 2.24) is 20.0 Å². The largest absolute Gasteiger partial charge is 0.453 e. The van der Waals surface area contributed by atoms with Crippen LogP contribution < -0.4 is 10.2 Å². The summed E-state index contributed by atoms with van der Waals surface area (Å²) in [4.78, 5) is 33.9. The Balaban J connectivity index is 1.00. The van der Waals surface area contributed by atoms with E-state index in [1.54, 1.807) is 18.2 Å². The molecular formula is C42H58FN5O6S. The molecule has 1 unspecified atom stereocenters. The summed E-state index contributed by atoms with van der Waals surface area (Å²) >= 11 is 0. The van der Waals surface area contributed by atoms with Crippen LogP contribution in [-0.2, 0) is 29.5 Å². The molecule has 4 saturated heterocycles. The van der Waals surface area contributed by atoms with Crippen molar-refractivity contribution in [1.29, 1.82) is 0 Å². The fourth-order valence-electron chi connectivity index (χ4n) is 10.4. The van der Waals surface area contributed by atoms with Gasteiger partial charge >= 0.3 is 6.09 Å². The minimum atomic E-state index is -3.71. The summed E-state index contributed by atoms with van der Waals surface area (Å²) < 4.78 is 52.8. The predicted octanol–water partition coefficient (Wildman–Crippen LogP) is 4.72. The van der Waals surface area contributed by atoms with E-state index in [1.165, 1.54) is 30.6 Å². The van der Waals surface area contributed by atoms with E-state index in [1.807, 2.05) is 18.2 Å². The number of piperidine rings is 1. The van der Waals surface area contributed by atoms with E-state index in [-0.39, 0.29) is 52.6 Å². The number of nitrogens with one attached hydrogen (secondary N) is 1. The number of likely N-dealkylation sites (tertiary alicyclic amines) is 2. The van der Waals surface area contributed by atoms with E-state index in [0.29, 0.717) is 19.1 Å². The molecule has 0 spiro atoms. The van der Waals surface area contributed by atoms with Gasteiger partial charge in [-0.05, 0) is 118 Å². The average Bonchev–Trinajstić information content (AvgIpc) is 3.46. The summed E-state index contributed by atoms with van der Waals surface area (Å²) in [5, 5.41) is 2.34. The molecule has 5 fully saturated rings. The SMILES string of the molecule is C=CC(=O)N1CCOC[C@@H](S(=O)(=O)c2ccc(N3CC(C)(CN4CCC(C(CN5CCC5)(c5cccc(F)c5)[C@H]5CCC[C@@H]5NC(=O)OC)CC4)C3)cc2)C1. The van der Waals surface area contributed by atoms with Crippen LogP contribution in [0.4, 0.5) is 14.9 Å². The van der Waals surface area contributed by atoms with Crippen molar-refractivity contribution in [3.05, 3.63) is 72.6 Å². The van der Waals surface area contributed by atoms with Gasteiger partial charge in [-0.15, -0.1) is 0 Å². The number of hydrogen-bond donors (Lipinski definition) is 1. The number of methoxy groups -OCH3 is 1. The standard InChI is InChI=1S/C42H58FN5O6S/c1-4-39(49)47-22-23-54-26-36(25-47)55(51,52)35-14-12-34(13-15-35)48-28-41(2,29-48)27-46-20-16-31(17-21-46)42(30-45-18-7-19-45,32-8-5-9-33(43)24-32)37-10-6-11-38(37)44-40(50)53-3/h4-5,8-9,12-15,24,31,36-38H,1,6-7,10-11,16-23,25-30H2,2-3H3,(H,44,50)/t36-,37-,38-,42?/m0/s1. The predicted molar refractivity (Wildman–Crippen MR) is 210 cm³/mol. The van der Waals surface area contributed by atoms with Crippen molar-refractivity contribution in [3.63, 3.8) is 0 Å². The smallest absolute Gasteiger partial charge is 0.407 e. The van der Waals surface area contributed by atoms with Crippen LogP contribution in [-0.4, -0.2) is 132 Å². The zero-order valence-corrected chi connectivity index (χ0v) is 33.3. The zero-order chi connectivity index (χ0) is 38.8. The second-order valence-electron chi connectivity index (χ2n) is 16.9. The van der Waals surface area contributed by atoms with Crippen molar-refractivity contribution in [2.24, 2.45) is 17.3 Å². The number of hydrogen-bond acceptors (Lipinski definition) is 9. The molecule has 0 radical (unpaired) electrons. The van der Waals surface area contributed by atoms with Crippen LogP contribution in [0.5, 0.6) is 0 Å². The number of halogens is 1. The number of rotatable bonds is 12. The van der Waals surface area contributed by atoms with Crippen LogP contribution in [0.3, 0.4) is 0 Å². The van der Waals surface area contributed by atoms with E-state index in [4.69, 9.17) is 9.47 Å². The fourth-order valence-corrected chi connectivity index (χ4v) is 11.9. The summed E-state index contributed by atoms with van der Waals surface area (Å²) in [7, 11) is -2.30. The molecule has 4 heterocycles. The van der Waals surface area contributed by atoms with Gasteiger partial charge < -0.3 is 34.4 Å². The highest BCUT2D eigenvalue weighted by molar-refractivity contribution is 7.92. The second-order valence-corrected chi connectivity index (χ2v) is 19.1. The van der Waals surface area contributed by atoms with Gasteiger partial charge in [-0.25, -0.2) is 17.6 Å². The van der Waals surface area contributed by atoms with Crippen molar-refractivity contribution >= 4 is 27.5 Å². The quantitative estimate of drug-likeness (QED) is 0.306. The Morgan fingerprint density at radius 1 is 1.02 bits per heavy atom. The first-order chi connectivity index (χ1) is 26.4. The number of nitrogens with zero attached hydrogens (tertiary/aromatic N) is 4. The molecule has 13 heteroatoms. The minimum absolute atomic E-state index is 0.0201. The van der Waals surface area contributed by atoms with E-state index < -0.39 is 21.2 Å². The maximum atomic E-state index is 15.0. The lowest BCUT2D eigenvalue weighted by Crippen LogP contribution is -2.62. The summed E-state index contributed by atoms with van der Waals surface area (Å²) in [6, 6.07) is 14.4. The van der Waals surface area contributed by atoms with Crippen LogP contribution in [0, 0.1) is 23.1 Å². The minimum Gasteiger partial charge on any atom is -0.453 e. The number of alkyl carbamates (subject to hydrolysis) is 1. The van der Waals surface area contributed by atoms with Crippen LogP contribution in [0.1, 0.15) is 51.0 Å². The van der Waals surface area contributed by atoms with E-state index in [2.05, 4.69) is 39.6 Å². The lowest BCUT2D eigenvalue weighted by Gasteiger charge is -2.55. The van der Waals surface area contributed by atoms with Crippen molar-refractivity contribution < 1.29 is 31.9 Å². The lowest BCUT2D eigenvalue weighted by molar-refractivity contribution is -0.126.